The maximum Gasteiger partial charge on any atom is 0.157 e. The Morgan fingerprint density at radius 1 is 1.26 bits per heavy atom. The smallest absolute Gasteiger partial charge is 0.157 e. The minimum atomic E-state index is -0.441. The van der Waals surface area contributed by atoms with Gasteiger partial charge >= 0.3 is 0 Å². The highest BCUT2D eigenvalue weighted by Gasteiger charge is 2.17. The van der Waals surface area contributed by atoms with Gasteiger partial charge in [-0.3, -0.25) is 4.40 Å². The van der Waals surface area contributed by atoms with E-state index in [0.717, 1.165) is 35.5 Å². The molecule has 6 nitrogen and oxygen atoms in total. The van der Waals surface area contributed by atoms with Gasteiger partial charge in [0.1, 0.15) is 11.9 Å². The van der Waals surface area contributed by atoms with Crippen molar-refractivity contribution < 1.29 is 5.11 Å². The fourth-order valence-electron chi connectivity index (χ4n) is 3.95. The highest BCUT2D eigenvalue weighted by atomic mass is 16.3. The molecule has 1 atom stereocenters. The number of para-hydroxylation sites is 2. The lowest BCUT2D eigenvalue weighted by Gasteiger charge is -2.28. The average molecular weight is 363 g/mol. The highest BCUT2D eigenvalue weighted by Crippen LogP contribution is 2.26. The van der Waals surface area contributed by atoms with Crippen LogP contribution in [-0.4, -0.2) is 51.7 Å². The zero-order chi connectivity index (χ0) is 18.8. The summed E-state index contributed by atoms with van der Waals surface area (Å²) >= 11 is 0. The van der Waals surface area contributed by atoms with Crippen molar-refractivity contribution in [2.45, 2.75) is 32.3 Å². The number of hydrogen-bond acceptors (Lipinski definition) is 5. The van der Waals surface area contributed by atoms with Crippen LogP contribution in [0.4, 0.5) is 5.82 Å². The van der Waals surface area contributed by atoms with E-state index in [-0.39, 0.29) is 0 Å². The number of benzene rings is 1. The normalized spacial score (nSPS) is 16.5. The number of piperidine rings is 1. The number of nitrogens with one attached hydrogen (secondary N) is 1. The maximum atomic E-state index is 10.5. The van der Waals surface area contributed by atoms with Crippen molar-refractivity contribution in [1.82, 2.24) is 14.3 Å². The summed E-state index contributed by atoms with van der Waals surface area (Å²) < 4.78 is 1.98. The number of nitrogens with zero attached hydrogens (tertiary/aromatic N) is 4. The minimum Gasteiger partial charge on any atom is -0.390 e. The van der Waals surface area contributed by atoms with E-state index in [0.29, 0.717) is 24.3 Å². The van der Waals surface area contributed by atoms with Gasteiger partial charge in [0.2, 0.25) is 0 Å². The van der Waals surface area contributed by atoms with Crippen molar-refractivity contribution in [3.8, 4) is 6.07 Å². The van der Waals surface area contributed by atoms with Crippen molar-refractivity contribution >= 4 is 22.5 Å². The molecule has 0 aliphatic carbocycles. The number of aromatic nitrogens is 2. The van der Waals surface area contributed by atoms with Crippen LogP contribution in [0, 0.1) is 18.3 Å². The predicted molar refractivity (Wildman–Crippen MR) is 107 cm³/mol. The van der Waals surface area contributed by atoms with Crippen molar-refractivity contribution in [3.05, 3.63) is 41.5 Å². The average Bonchev–Trinajstić information content (AvgIpc) is 3.06. The fraction of sp³-hybridized carbons (Fsp3) is 0.429. The summed E-state index contributed by atoms with van der Waals surface area (Å²) in [6.45, 7) is 5.22. The van der Waals surface area contributed by atoms with Crippen LogP contribution in [0.2, 0.25) is 0 Å². The van der Waals surface area contributed by atoms with Gasteiger partial charge in [0.15, 0.2) is 5.65 Å². The number of aryl methyl sites for hydroxylation is 1. The molecule has 2 N–H and O–H groups in total. The van der Waals surface area contributed by atoms with E-state index in [2.05, 4.69) is 21.3 Å². The van der Waals surface area contributed by atoms with E-state index in [1.165, 1.54) is 19.3 Å². The predicted octanol–water partition coefficient (Wildman–Crippen LogP) is 2.93. The van der Waals surface area contributed by atoms with E-state index in [1.54, 1.807) is 0 Å². The van der Waals surface area contributed by atoms with Gasteiger partial charge in [-0.25, -0.2) is 4.98 Å². The fourth-order valence-corrected chi connectivity index (χ4v) is 3.95. The van der Waals surface area contributed by atoms with Gasteiger partial charge in [-0.2, -0.15) is 5.26 Å². The third-order valence-electron chi connectivity index (χ3n) is 5.32. The number of aliphatic hydroxyl groups excluding tert-OH is 1. The summed E-state index contributed by atoms with van der Waals surface area (Å²) in [5.74, 6) is 0.855. The molecule has 1 saturated heterocycles. The Bertz CT molecular complexity index is 997. The third kappa shape index (κ3) is 3.48. The van der Waals surface area contributed by atoms with Gasteiger partial charge < -0.3 is 15.3 Å². The van der Waals surface area contributed by atoms with E-state index >= 15 is 0 Å². The first-order valence-corrected chi connectivity index (χ1v) is 9.62. The van der Waals surface area contributed by atoms with Gasteiger partial charge in [-0.15, -0.1) is 0 Å². The molecule has 1 aliphatic rings. The molecule has 0 bridgehead atoms. The van der Waals surface area contributed by atoms with Crippen LogP contribution in [-0.2, 0) is 0 Å². The lowest BCUT2D eigenvalue weighted by Crippen LogP contribution is -2.39. The van der Waals surface area contributed by atoms with Crippen molar-refractivity contribution in [3.63, 3.8) is 0 Å². The van der Waals surface area contributed by atoms with Crippen LogP contribution in [0.25, 0.3) is 16.7 Å². The van der Waals surface area contributed by atoms with Gasteiger partial charge in [0.25, 0.3) is 0 Å². The number of nitriles is 1. The Morgan fingerprint density at radius 3 is 2.81 bits per heavy atom. The minimum absolute atomic E-state index is 0.441. The van der Waals surface area contributed by atoms with E-state index in [1.807, 2.05) is 41.7 Å². The molecule has 140 valence electrons. The second kappa shape index (κ2) is 7.55. The Morgan fingerprint density at radius 2 is 2.04 bits per heavy atom. The van der Waals surface area contributed by atoms with Crippen LogP contribution >= 0.6 is 0 Å². The lowest BCUT2D eigenvalue weighted by molar-refractivity contribution is 0.109. The van der Waals surface area contributed by atoms with Crippen LogP contribution in [0.3, 0.4) is 0 Å². The molecule has 2 aromatic heterocycles. The summed E-state index contributed by atoms with van der Waals surface area (Å²) in [5.41, 5.74) is 3.94. The SMILES string of the molecule is Cc1cc(NCC(O)CN2CCCCC2)n2c(nc3ccccc32)c1C#N. The molecular weight excluding hydrogens is 338 g/mol. The van der Waals surface area contributed by atoms with Crippen LogP contribution < -0.4 is 5.32 Å². The molecule has 1 fully saturated rings. The second-order valence-corrected chi connectivity index (χ2v) is 7.35. The van der Waals surface area contributed by atoms with E-state index < -0.39 is 6.10 Å². The number of likely N-dealkylation sites (tertiary alicyclic amines) is 1. The number of fused-ring (bicyclic) bond motifs is 3. The molecule has 6 heteroatoms. The Labute approximate surface area is 159 Å². The Balaban J connectivity index is 1.62. The van der Waals surface area contributed by atoms with Gasteiger partial charge in [0.05, 0.1) is 22.7 Å². The molecule has 1 aromatic carbocycles. The quantitative estimate of drug-likeness (QED) is 0.729. The molecule has 1 aliphatic heterocycles. The van der Waals surface area contributed by atoms with Crippen LogP contribution in [0.1, 0.15) is 30.4 Å². The molecule has 0 amide bonds. The number of anilines is 1. The molecule has 4 rings (SSSR count). The van der Waals surface area contributed by atoms with Crippen molar-refractivity contribution in [1.29, 1.82) is 5.26 Å². The maximum absolute atomic E-state index is 10.5. The number of β-amino-alcohol motifs (C(OH)–C–C–N with tert-alkyl or cyclic N) is 1. The topological polar surface area (TPSA) is 76.6 Å². The standard InChI is InChI=1S/C21H25N5O/c1-15-11-20(23-13-16(27)14-25-9-5-2-6-10-25)26-19-8-4-3-7-18(19)24-21(26)17(15)12-22/h3-4,7-8,11,16,23,27H,2,5-6,9-10,13-14H2,1H3. The summed E-state index contributed by atoms with van der Waals surface area (Å²) in [7, 11) is 0. The number of hydrogen-bond donors (Lipinski definition) is 2. The molecule has 0 saturated carbocycles. The summed E-state index contributed by atoms with van der Waals surface area (Å²) in [6.07, 6.45) is 3.29. The molecule has 3 heterocycles. The van der Waals surface area contributed by atoms with Crippen LogP contribution in [0.15, 0.2) is 30.3 Å². The van der Waals surface area contributed by atoms with Gasteiger partial charge in [-0.1, -0.05) is 18.6 Å². The monoisotopic (exact) mass is 363 g/mol. The molecular formula is C21H25N5O. The lowest BCUT2D eigenvalue weighted by atomic mass is 10.1. The van der Waals surface area contributed by atoms with Gasteiger partial charge in [-0.05, 0) is 56.6 Å². The van der Waals surface area contributed by atoms with Crippen molar-refractivity contribution in [2.75, 3.05) is 31.5 Å². The number of pyridine rings is 1. The van der Waals surface area contributed by atoms with Gasteiger partial charge in [0, 0.05) is 13.1 Å². The van der Waals surface area contributed by atoms with Crippen LogP contribution in [0.5, 0.6) is 0 Å². The summed E-state index contributed by atoms with van der Waals surface area (Å²) in [6, 6.07) is 12.1. The number of imidazole rings is 1. The first-order chi connectivity index (χ1) is 13.2. The molecule has 0 spiro atoms. The molecule has 27 heavy (non-hydrogen) atoms. The second-order valence-electron chi connectivity index (χ2n) is 7.35. The zero-order valence-corrected chi connectivity index (χ0v) is 15.6. The summed E-state index contributed by atoms with van der Waals surface area (Å²) in [4.78, 5) is 6.99. The first kappa shape index (κ1) is 17.8. The molecule has 1 unspecified atom stereocenters. The third-order valence-corrected chi connectivity index (χ3v) is 5.32. The number of aliphatic hydroxyl groups is 1. The highest BCUT2D eigenvalue weighted by molar-refractivity contribution is 5.85. The molecule has 0 radical (unpaired) electrons. The number of rotatable bonds is 5. The zero-order valence-electron chi connectivity index (χ0n) is 15.6. The Kier molecular flexibility index (Phi) is 4.97. The molecule has 3 aromatic rings. The summed E-state index contributed by atoms with van der Waals surface area (Å²) in [5, 5.41) is 23.4. The van der Waals surface area contributed by atoms with Crippen molar-refractivity contribution in [2.24, 2.45) is 0 Å². The largest absolute Gasteiger partial charge is 0.390 e. The first-order valence-electron chi connectivity index (χ1n) is 9.62. The van der Waals surface area contributed by atoms with E-state index in [4.69, 9.17) is 0 Å². The van der Waals surface area contributed by atoms with E-state index in [9.17, 15) is 10.4 Å². The Hall–Kier alpha value is -2.62.